The van der Waals surface area contributed by atoms with E-state index in [-0.39, 0.29) is 17.8 Å². The van der Waals surface area contributed by atoms with Crippen molar-refractivity contribution in [1.29, 1.82) is 0 Å². The van der Waals surface area contributed by atoms with Crippen LogP contribution in [0.4, 0.5) is 0 Å². The van der Waals surface area contributed by atoms with Gasteiger partial charge in [-0.2, -0.15) is 0 Å². The molecule has 134 valence electrons. The van der Waals surface area contributed by atoms with E-state index in [0.717, 1.165) is 45.4 Å². The molecule has 8 heteroatoms. The van der Waals surface area contributed by atoms with E-state index < -0.39 is 10.0 Å². The third kappa shape index (κ3) is 5.41. The highest BCUT2D eigenvalue weighted by Crippen LogP contribution is 2.16. The molecule has 0 saturated carbocycles. The average Bonchev–Trinajstić information content (AvgIpc) is 2.93. The summed E-state index contributed by atoms with van der Waals surface area (Å²) < 4.78 is 30.3. The number of nitrogens with zero attached hydrogens (tertiary/aromatic N) is 3. The number of hydrogen-bond donors (Lipinski definition) is 0. The molecular formula is C15H29N3O4S. The zero-order valence-electron chi connectivity index (χ0n) is 14.2. The summed E-state index contributed by atoms with van der Waals surface area (Å²) in [6.45, 7) is 4.65. The van der Waals surface area contributed by atoms with E-state index >= 15 is 0 Å². The summed E-state index contributed by atoms with van der Waals surface area (Å²) >= 11 is 0. The molecule has 0 aromatic heterocycles. The van der Waals surface area contributed by atoms with Gasteiger partial charge in [-0.3, -0.25) is 4.79 Å². The molecule has 0 aliphatic carbocycles. The van der Waals surface area contributed by atoms with E-state index in [1.54, 1.807) is 14.1 Å². The molecule has 2 heterocycles. The minimum absolute atomic E-state index is 0.125. The van der Waals surface area contributed by atoms with Crippen LogP contribution in [-0.2, 0) is 19.6 Å². The monoisotopic (exact) mass is 347 g/mol. The lowest BCUT2D eigenvalue weighted by atomic mass is 10.2. The Morgan fingerprint density at radius 2 is 1.96 bits per heavy atom. The summed E-state index contributed by atoms with van der Waals surface area (Å²) in [5, 5.41) is 0. The Morgan fingerprint density at radius 1 is 1.17 bits per heavy atom. The smallest absolute Gasteiger partial charge is 0.251 e. The fraction of sp³-hybridized carbons (Fsp3) is 0.933. The van der Waals surface area contributed by atoms with Gasteiger partial charge in [-0.05, 0) is 38.8 Å². The van der Waals surface area contributed by atoms with Crippen LogP contribution >= 0.6 is 0 Å². The second-order valence-electron chi connectivity index (χ2n) is 6.47. The minimum Gasteiger partial charge on any atom is -0.368 e. The van der Waals surface area contributed by atoms with Crippen molar-refractivity contribution in [1.82, 2.24) is 14.1 Å². The quantitative estimate of drug-likeness (QED) is 0.675. The number of carbonyl (C=O) groups is 1. The molecule has 1 unspecified atom stereocenters. The lowest BCUT2D eigenvalue weighted by Gasteiger charge is -2.24. The van der Waals surface area contributed by atoms with Crippen LogP contribution in [0.1, 0.15) is 25.7 Å². The summed E-state index contributed by atoms with van der Waals surface area (Å²) in [6, 6.07) is 0. The Morgan fingerprint density at radius 3 is 2.61 bits per heavy atom. The van der Waals surface area contributed by atoms with Gasteiger partial charge in [0.15, 0.2) is 0 Å². The lowest BCUT2D eigenvalue weighted by molar-refractivity contribution is -0.140. The van der Waals surface area contributed by atoms with Crippen LogP contribution in [-0.4, -0.2) is 93.7 Å². The highest BCUT2D eigenvalue weighted by atomic mass is 32.2. The molecule has 0 bridgehead atoms. The van der Waals surface area contributed by atoms with Gasteiger partial charge in [-0.25, -0.2) is 12.7 Å². The molecule has 0 aromatic rings. The summed E-state index contributed by atoms with van der Waals surface area (Å²) in [7, 11) is 0.0128. The van der Waals surface area contributed by atoms with Crippen molar-refractivity contribution in [2.75, 3.05) is 59.2 Å². The van der Waals surface area contributed by atoms with Crippen LogP contribution in [0.5, 0.6) is 0 Å². The van der Waals surface area contributed by atoms with Gasteiger partial charge in [0.1, 0.15) is 6.10 Å². The Balaban J connectivity index is 1.74. The second-order valence-corrected chi connectivity index (χ2v) is 8.78. The average molecular weight is 347 g/mol. The van der Waals surface area contributed by atoms with Crippen LogP contribution in [0.25, 0.3) is 0 Å². The number of hydrogen-bond acceptors (Lipinski definition) is 5. The van der Waals surface area contributed by atoms with Gasteiger partial charge in [-0.1, -0.05) is 0 Å². The van der Waals surface area contributed by atoms with E-state index in [1.807, 2.05) is 4.90 Å². The van der Waals surface area contributed by atoms with Crippen molar-refractivity contribution in [2.24, 2.45) is 0 Å². The molecule has 0 radical (unpaired) electrons. The van der Waals surface area contributed by atoms with Gasteiger partial charge in [0, 0.05) is 40.3 Å². The lowest BCUT2D eigenvalue weighted by Crippen LogP contribution is -2.41. The zero-order valence-corrected chi connectivity index (χ0v) is 15.1. The Kier molecular flexibility index (Phi) is 6.82. The van der Waals surface area contributed by atoms with Crippen LogP contribution in [0, 0.1) is 0 Å². The van der Waals surface area contributed by atoms with Gasteiger partial charge in [0.05, 0.1) is 5.75 Å². The Labute approximate surface area is 139 Å². The fourth-order valence-corrected chi connectivity index (χ4v) is 3.90. The maximum atomic E-state index is 12.4. The molecule has 0 N–H and O–H groups in total. The van der Waals surface area contributed by atoms with Gasteiger partial charge in [0.2, 0.25) is 10.0 Å². The summed E-state index contributed by atoms with van der Waals surface area (Å²) in [5.41, 5.74) is 0. The third-order valence-electron chi connectivity index (χ3n) is 4.54. The maximum absolute atomic E-state index is 12.4. The third-order valence-corrected chi connectivity index (χ3v) is 6.46. The summed E-state index contributed by atoms with van der Waals surface area (Å²) in [4.78, 5) is 16.5. The molecular weight excluding hydrogens is 318 g/mol. The van der Waals surface area contributed by atoms with E-state index in [2.05, 4.69) is 4.90 Å². The van der Waals surface area contributed by atoms with Crippen molar-refractivity contribution in [3.8, 4) is 0 Å². The van der Waals surface area contributed by atoms with E-state index in [4.69, 9.17) is 4.74 Å². The standard InChI is InChI=1S/C15H29N3O4S/c1-16(2)23(20,21)13-5-8-17-7-4-9-18(11-10-17)15(19)14-6-3-12-22-14/h14H,3-13H2,1-2H3. The van der Waals surface area contributed by atoms with Gasteiger partial charge in [-0.15, -0.1) is 0 Å². The first-order chi connectivity index (χ1) is 10.9. The van der Waals surface area contributed by atoms with Crippen LogP contribution < -0.4 is 0 Å². The first kappa shape index (κ1) is 18.6. The summed E-state index contributed by atoms with van der Waals surface area (Å²) in [5.74, 6) is 0.300. The highest BCUT2D eigenvalue weighted by molar-refractivity contribution is 7.89. The number of amides is 1. The molecule has 23 heavy (non-hydrogen) atoms. The Hall–Kier alpha value is -0.700. The number of carbonyl (C=O) groups excluding carboxylic acids is 1. The van der Waals surface area contributed by atoms with Crippen molar-refractivity contribution >= 4 is 15.9 Å². The first-order valence-corrected chi connectivity index (χ1v) is 10.0. The number of rotatable bonds is 6. The van der Waals surface area contributed by atoms with Crippen molar-refractivity contribution < 1.29 is 17.9 Å². The molecule has 2 saturated heterocycles. The molecule has 1 amide bonds. The number of ether oxygens (including phenoxy) is 1. The predicted molar refractivity (Wildman–Crippen MR) is 88.7 cm³/mol. The molecule has 0 spiro atoms. The SMILES string of the molecule is CN(C)S(=O)(=O)CCCN1CCCN(C(=O)C2CCCO2)CC1. The van der Waals surface area contributed by atoms with Crippen LogP contribution in [0.15, 0.2) is 0 Å². The molecule has 2 aliphatic heterocycles. The molecule has 2 rings (SSSR count). The van der Waals surface area contributed by atoms with Crippen molar-refractivity contribution in [3.63, 3.8) is 0 Å². The molecule has 0 aromatic carbocycles. The Bertz CT molecular complexity index is 489. The van der Waals surface area contributed by atoms with E-state index in [1.165, 1.54) is 4.31 Å². The van der Waals surface area contributed by atoms with Crippen molar-refractivity contribution in [2.45, 2.75) is 31.8 Å². The van der Waals surface area contributed by atoms with Crippen molar-refractivity contribution in [3.05, 3.63) is 0 Å². The molecule has 2 fully saturated rings. The van der Waals surface area contributed by atoms with Gasteiger partial charge < -0.3 is 14.5 Å². The summed E-state index contributed by atoms with van der Waals surface area (Å²) in [6.07, 6.45) is 3.11. The van der Waals surface area contributed by atoms with E-state index in [0.29, 0.717) is 19.6 Å². The minimum atomic E-state index is -3.12. The van der Waals surface area contributed by atoms with Gasteiger partial charge in [0.25, 0.3) is 5.91 Å². The maximum Gasteiger partial charge on any atom is 0.251 e. The highest BCUT2D eigenvalue weighted by Gasteiger charge is 2.29. The molecule has 7 nitrogen and oxygen atoms in total. The largest absolute Gasteiger partial charge is 0.368 e. The second kappa shape index (κ2) is 8.41. The first-order valence-electron chi connectivity index (χ1n) is 8.43. The van der Waals surface area contributed by atoms with Crippen LogP contribution in [0.3, 0.4) is 0 Å². The molecule has 2 aliphatic rings. The van der Waals surface area contributed by atoms with E-state index in [9.17, 15) is 13.2 Å². The fourth-order valence-electron chi connectivity index (χ4n) is 3.04. The molecule has 1 atom stereocenters. The number of sulfonamides is 1. The normalized spacial score (nSPS) is 24.1. The zero-order chi connectivity index (χ0) is 16.9. The topological polar surface area (TPSA) is 70.2 Å². The van der Waals surface area contributed by atoms with Gasteiger partial charge >= 0.3 is 0 Å². The van der Waals surface area contributed by atoms with Crippen LogP contribution in [0.2, 0.25) is 0 Å². The predicted octanol–water partition coefficient (Wildman–Crippen LogP) is -0.0188.